The van der Waals surface area contributed by atoms with E-state index in [0.29, 0.717) is 6.42 Å². The molecule has 45 heavy (non-hydrogen) atoms. The summed E-state index contributed by atoms with van der Waals surface area (Å²) in [5.74, 6) is -0.682. The third kappa shape index (κ3) is 32.1. The predicted octanol–water partition coefficient (Wildman–Crippen LogP) is 10.5. The molecule has 0 aliphatic rings. The van der Waals surface area contributed by atoms with E-state index in [-0.39, 0.29) is 31.1 Å². The Balaban J connectivity index is 4.27. The molecule has 0 heterocycles. The van der Waals surface area contributed by atoms with Gasteiger partial charge in [0.25, 0.3) is 0 Å². The molecule has 0 unspecified atom stereocenters. The number of rotatable bonds is 34. The van der Waals surface area contributed by atoms with E-state index < -0.39 is 18.1 Å². The number of aliphatic hydroxyl groups excluding tert-OH is 1. The lowest BCUT2D eigenvalue weighted by Crippen LogP contribution is -2.46. The minimum atomic E-state index is -0.936. The van der Waals surface area contributed by atoms with Crippen LogP contribution in [0.25, 0.3) is 0 Å². The van der Waals surface area contributed by atoms with Crippen LogP contribution in [0.1, 0.15) is 201 Å². The minimum absolute atomic E-state index is 0.0136. The normalized spacial score (nSPS) is 12.8. The van der Waals surface area contributed by atoms with Crippen molar-refractivity contribution in [2.75, 3.05) is 6.61 Å². The van der Waals surface area contributed by atoms with Crippen LogP contribution in [-0.2, 0) is 19.1 Å². The first-order chi connectivity index (χ1) is 21.9. The van der Waals surface area contributed by atoms with Crippen molar-refractivity contribution >= 4 is 17.7 Å². The molecule has 6 heteroatoms. The van der Waals surface area contributed by atoms with Crippen LogP contribution in [0.3, 0.4) is 0 Å². The van der Waals surface area contributed by atoms with Gasteiger partial charge in [-0.25, -0.2) is 0 Å². The number of hydrogen-bond donors (Lipinski definition) is 2. The van der Waals surface area contributed by atoms with Gasteiger partial charge < -0.3 is 20.0 Å². The molecular weight excluding hydrogens is 562 g/mol. The molecule has 0 aromatic heterocycles. The highest BCUT2D eigenvalue weighted by molar-refractivity contribution is 5.81. The van der Waals surface area contributed by atoms with Gasteiger partial charge in [-0.1, -0.05) is 167 Å². The lowest BCUT2D eigenvalue weighted by atomic mass is 10.0. The molecule has 0 aliphatic heterocycles. The standard InChI is InChI=1S/C39H73NO5/c1-4-6-8-10-12-14-16-18-20-22-24-26-28-30-37(42)36(34-45-39(44)33-32-35(3)41)40-38(43)31-29-27-25-23-21-19-17-15-13-11-9-7-5-2/h28,30,36-37,42H,4-27,29,31-34H2,1-3H3,(H,40,43)/b30-28+/t36-,37+/m0/s1. The highest BCUT2D eigenvalue weighted by atomic mass is 16.5. The summed E-state index contributed by atoms with van der Waals surface area (Å²) in [6, 6.07) is -0.700. The second-order valence-electron chi connectivity index (χ2n) is 13.3. The smallest absolute Gasteiger partial charge is 0.306 e. The number of nitrogens with one attached hydrogen (secondary N) is 1. The van der Waals surface area contributed by atoms with E-state index in [1.165, 1.54) is 135 Å². The Morgan fingerprint density at radius 3 is 1.47 bits per heavy atom. The van der Waals surface area contributed by atoms with Crippen molar-refractivity contribution in [3.05, 3.63) is 12.2 Å². The summed E-state index contributed by atoms with van der Waals surface area (Å²) in [6.07, 6.45) is 34.7. The number of aliphatic hydroxyl groups is 1. The summed E-state index contributed by atoms with van der Waals surface area (Å²) < 4.78 is 5.32. The number of unbranched alkanes of at least 4 members (excludes halogenated alkanes) is 23. The van der Waals surface area contributed by atoms with Crippen LogP contribution in [0.2, 0.25) is 0 Å². The minimum Gasteiger partial charge on any atom is -0.463 e. The fraction of sp³-hybridized carbons (Fsp3) is 0.872. The van der Waals surface area contributed by atoms with E-state index >= 15 is 0 Å². The SMILES string of the molecule is CCCCCCCCCCCCC/C=C/[C@@H](O)[C@H](COC(=O)CCC(C)=O)NC(=O)CCCCCCCCCCCCCCC. The lowest BCUT2D eigenvalue weighted by molar-refractivity contribution is -0.146. The van der Waals surface area contributed by atoms with Gasteiger partial charge >= 0.3 is 5.97 Å². The summed E-state index contributed by atoms with van der Waals surface area (Å²) in [5, 5.41) is 13.7. The Kier molecular flexibility index (Phi) is 32.4. The molecule has 264 valence electrons. The Morgan fingerprint density at radius 1 is 0.600 bits per heavy atom. The molecule has 0 aliphatic carbocycles. The highest BCUT2D eigenvalue weighted by Gasteiger charge is 2.21. The zero-order chi connectivity index (χ0) is 33.2. The van der Waals surface area contributed by atoms with Crippen LogP contribution >= 0.6 is 0 Å². The van der Waals surface area contributed by atoms with Gasteiger partial charge in [0.2, 0.25) is 5.91 Å². The second kappa shape index (κ2) is 33.7. The maximum Gasteiger partial charge on any atom is 0.306 e. The molecule has 0 rings (SSSR count). The van der Waals surface area contributed by atoms with Crippen molar-refractivity contribution in [3.63, 3.8) is 0 Å². The molecule has 1 amide bonds. The van der Waals surface area contributed by atoms with Gasteiger partial charge in [-0.05, 0) is 26.2 Å². The van der Waals surface area contributed by atoms with E-state index in [4.69, 9.17) is 4.74 Å². The fourth-order valence-corrected chi connectivity index (χ4v) is 5.64. The first-order valence-corrected chi connectivity index (χ1v) is 19.2. The molecule has 2 atom stereocenters. The number of amides is 1. The Morgan fingerprint density at radius 2 is 1.02 bits per heavy atom. The van der Waals surface area contributed by atoms with E-state index in [1.807, 2.05) is 6.08 Å². The van der Waals surface area contributed by atoms with Gasteiger partial charge in [0.05, 0.1) is 18.6 Å². The first kappa shape index (κ1) is 43.3. The maximum absolute atomic E-state index is 12.7. The molecule has 0 radical (unpaired) electrons. The lowest BCUT2D eigenvalue weighted by Gasteiger charge is -2.22. The average Bonchev–Trinajstić information content (AvgIpc) is 3.02. The number of hydrogen-bond acceptors (Lipinski definition) is 5. The number of carbonyl (C=O) groups is 3. The maximum atomic E-state index is 12.7. The number of Topliss-reactive ketones (excluding diaryl/α,β-unsaturated/α-hetero) is 1. The van der Waals surface area contributed by atoms with Crippen LogP contribution in [-0.4, -0.2) is 41.5 Å². The van der Waals surface area contributed by atoms with E-state index in [1.54, 1.807) is 6.08 Å². The monoisotopic (exact) mass is 636 g/mol. The number of allylic oxidation sites excluding steroid dienone is 1. The first-order valence-electron chi connectivity index (χ1n) is 19.2. The Bertz CT molecular complexity index is 722. The Labute approximate surface area is 278 Å². The third-order valence-electron chi connectivity index (χ3n) is 8.68. The van der Waals surface area contributed by atoms with Crippen molar-refractivity contribution < 1.29 is 24.2 Å². The fourth-order valence-electron chi connectivity index (χ4n) is 5.64. The molecule has 0 aromatic rings. The molecule has 0 aromatic carbocycles. The molecular formula is C39H73NO5. The van der Waals surface area contributed by atoms with Crippen LogP contribution in [0.15, 0.2) is 12.2 Å². The summed E-state index contributed by atoms with van der Waals surface area (Å²) in [6.45, 7) is 5.85. The second-order valence-corrected chi connectivity index (χ2v) is 13.3. The van der Waals surface area contributed by atoms with Gasteiger partial charge in [0.1, 0.15) is 12.4 Å². The molecule has 6 nitrogen and oxygen atoms in total. The molecule has 0 fully saturated rings. The quantitative estimate of drug-likeness (QED) is 0.0417. The van der Waals surface area contributed by atoms with Gasteiger partial charge in [0, 0.05) is 12.8 Å². The number of ether oxygens (including phenoxy) is 1. The van der Waals surface area contributed by atoms with E-state index in [9.17, 15) is 19.5 Å². The van der Waals surface area contributed by atoms with Crippen molar-refractivity contribution in [1.82, 2.24) is 5.32 Å². The van der Waals surface area contributed by atoms with E-state index in [2.05, 4.69) is 19.2 Å². The van der Waals surface area contributed by atoms with Crippen LogP contribution in [0.4, 0.5) is 0 Å². The zero-order valence-corrected chi connectivity index (χ0v) is 29.9. The molecule has 0 bridgehead atoms. The van der Waals surface area contributed by atoms with Crippen molar-refractivity contribution in [1.29, 1.82) is 0 Å². The van der Waals surface area contributed by atoms with Gasteiger partial charge in [-0.2, -0.15) is 0 Å². The Hall–Kier alpha value is -1.69. The van der Waals surface area contributed by atoms with Crippen molar-refractivity contribution in [2.45, 2.75) is 213 Å². The summed E-state index contributed by atoms with van der Waals surface area (Å²) in [5.41, 5.74) is 0. The molecule has 0 saturated carbocycles. The molecule has 2 N–H and O–H groups in total. The molecule has 0 spiro atoms. The number of esters is 1. The predicted molar refractivity (Wildman–Crippen MR) is 189 cm³/mol. The zero-order valence-electron chi connectivity index (χ0n) is 29.9. The summed E-state index contributed by atoms with van der Waals surface area (Å²) >= 11 is 0. The number of ketones is 1. The van der Waals surface area contributed by atoms with Gasteiger partial charge in [0.15, 0.2) is 0 Å². The van der Waals surface area contributed by atoms with Gasteiger partial charge in [-0.15, -0.1) is 0 Å². The average molecular weight is 636 g/mol. The molecule has 0 saturated heterocycles. The van der Waals surface area contributed by atoms with Crippen molar-refractivity contribution in [2.24, 2.45) is 0 Å². The van der Waals surface area contributed by atoms with Crippen LogP contribution in [0.5, 0.6) is 0 Å². The summed E-state index contributed by atoms with van der Waals surface area (Å²) in [4.78, 5) is 35.9. The summed E-state index contributed by atoms with van der Waals surface area (Å²) in [7, 11) is 0. The van der Waals surface area contributed by atoms with Gasteiger partial charge in [-0.3, -0.25) is 9.59 Å². The largest absolute Gasteiger partial charge is 0.463 e. The number of carbonyl (C=O) groups excluding carboxylic acids is 3. The van der Waals surface area contributed by atoms with Crippen LogP contribution in [0, 0.1) is 0 Å². The van der Waals surface area contributed by atoms with E-state index in [0.717, 1.165) is 32.1 Å². The third-order valence-corrected chi connectivity index (χ3v) is 8.68. The van der Waals surface area contributed by atoms with Crippen LogP contribution < -0.4 is 5.32 Å². The highest BCUT2D eigenvalue weighted by Crippen LogP contribution is 2.14. The topological polar surface area (TPSA) is 92.7 Å². The van der Waals surface area contributed by atoms with Crippen molar-refractivity contribution in [3.8, 4) is 0 Å².